The van der Waals surface area contributed by atoms with Crippen molar-refractivity contribution in [2.24, 2.45) is 4.99 Å². The van der Waals surface area contributed by atoms with Gasteiger partial charge in [0.25, 0.3) is 11.5 Å². The fourth-order valence-electron chi connectivity index (χ4n) is 5.40. The van der Waals surface area contributed by atoms with Gasteiger partial charge in [-0.1, -0.05) is 61.2 Å². The van der Waals surface area contributed by atoms with Crippen LogP contribution in [0.5, 0.6) is 11.5 Å². The Balaban J connectivity index is 0.00000120. The summed E-state index contributed by atoms with van der Waals surface area (Å²) in [7, 11) is 1.59. The first-order valence-corrected chi connectivity index (χ1v) is 17.0. The van der Waals surface area contributed by atoms with Gasteiger partial charge in [-0.3, -0.25) is 14.2 Å². The SMILES string of the molecule is C=CCOC(=O)C1=C(C)N=c2s/c(=C/c3cn(-c4ccccc4)nc3-c3ccc(OCCC)cc3)c(=O)n2C1c1ccc(OC)cc1.CC(=O)O. The fourth-order valence-corrected chi connectivity index (χ4v) is 6.43. The average molecular weight is 707 g/mol. The van der Waals surface area contributed by atoms with Crippen LogP contribution in [0.25, 0.3) is 23.0 Å². The summed E-state index contributed by atoms with van der Waals surface area (Å²) in [4.78, 5) is 41.9. The van der Waals surface area contributed by atoms with E-state index in [9.17, 15) is 9.59 Å². The summed E-state index contributed by atoms with van der Waals surface area (Å²) in [6.45, 7) is 9.23. The van der Waals surface area contributed by atoms with E-state index in [-0.39, 0.29) is 12.2 Å². The number of ether oxygens (including phenoxy) is 3. The highest BCUT2D eigenvalue weighted by Gasteiger charge is 2.33. The highest BCUT2D eigenvalue weighted by atomic mass is 32.1. The molecule has 262 valence electrons. The number of carbonyl (C=O) groups is 2. The Morgan fingerprint density at radius 3 is 2.31 bits per heavy atom. The maximum atomic E-state index is 14.3. The van der Waals surface area contributed by atoms with E-state index in [1.165, 1.54) is 17.4 Å². The molecule has 0 fully saturated rings. The molecule has 51 heavy (non-hydrogen) atoms. The number of para-hydroxylation sites is 1. The molecule has 1 unspecified atom stereocenters. The Kier molecular flexibility index (Phi) is 11.8. The summed E-state index contributed by atoms with van der Waals surface area (Å²) >= 11 is 1.26. The molecule has 2 aromatic heterocycles. The number of methoxy groups -OCH3 is 1. The molecule has 3 heterocycles. The van der Waals surface area contributed by atoms with Crippen molar-refractivity contribution in [2.75, 3.05) is 20.3 Å². The van der Waals surface area contributed by atoms with Crippen molar-refractivity contribution >= 4 is 29.4 Å². The molecule has 1 aliphatic heterocycles. The molecule has 0 saturated heterocycles. The van der Waals surface area contributed by atoms with Crippen LogP contribution in [0.4, 0.5) is 0 Å². The van der Waals surface area contributed by atoms with Crippen molar-refractivity contribution in [3.8, 4) is 28.4 Å². The second-order valence-corrected chi connectivity index (χ2v) is 12.4. The van der Waals surface area contributed by atoms with Gasteiger partial charge in [0.2, 0.25) is 0 Å². The van der Waals surface area contributed by atoms with Gasteiger partial charge in [0, 0.05) is 24.2 Å². The first-order valence-electron chi connectivity index (χ1n) is 16.2. The second kappa shape index (κ2) is 16.6. The van der Waals surface area contributed by atoms with E-state index < -0.39 is 18.0 Å². The van der Waals surface area contributed by atoms with E-state index in [1.807, 2.05) is 79.0 Å². The Hall–Kier alpha value is -6.01. The number of aliphatic carboxylic acids is 1. The molecule has 12 heteroatoms. The maximum Gasteiger partial charge on any atom is 0.338 e. The van der Waals surface area contributed by atoms with Crippen molar-refractivity contribution < 1.29 is 28.9 Å². The minimum absolute atomic E-state index is 0.0370. The number of esters is 1. The molecule has 0 radical (unpaired) electrons. The van der Waals surface area contributed by atoms with Crippen LogP contribution in [-0.4, -0.2) is 51.7 Å². The van der Waals surface area contributed by atoms with E-state index in [2.05, 4.69) is 13.5 Å². The molecular weight excluding hydrogens is 669 g/mol. The summed E-state index contributed by atoms with van der Waals surface area (Å²) < 4.78 is 20.4. The van der Waals surface area contributed by atoms with Crippen LogP contribution in [0, 0.1) is 0 Å². The predicted molar refractivity (Wildman–Crippen MR) is 196 cm³/mol. The van der Waals surface area contributed by atoms with E-state index in [4.69, 9.17) is 34.2 Å². The minimum atomic E-state index is -0.833. The number of hydrogen-bond acceptors (Lipinski definition) is 9. The Labute approximate surface area is 298 Å². The highest BCUT2D eigenvalue weighted by molar-refractivity contribution is 7.07. The van der Waals surface area contributed by atoms with Crippen LogP contribution in [-0.2, 0) is 14.3 Å². The largest absolute Gasteiger partial charge is 0.497 e. The van der Waals surface area contributed by atoms with Crippen molar-refractivity contribution in [3.05, 3.63) is 140 Å². The van der Waals surface area contributed by atoms with Gasteiger partial charge in [0.05, 0.1) is 41.2 Å². The van der Waals surface area contributed by atoms with Crippen LogP contribution in [0.3, 0.4) is 0 Å². The van der Waals surface area contributed by atoms with Crippen LogP contribution >= 0.6 is 11.3 Å². The van der Waals surface area contributed by atoms with E-state index in [0.29, 0.717) is 38.7 Å². The number of hydrogen-bond donors (Lipinski definition) is 1. The zero-order valence-corrected chi connectivity index (χ0v) is 29.6. The van der Waals surface area contributed by atoms with Crippen LogP contribution in [0.1, 0.15) is 44.4 Å². The Morgan fingerprint density at radius 1 is 1.02 bits per heavy atom. The Morgan fingerprint density at radius 2 is 1.69 bits per heavy atom. The number of carboxylic acid groups (broad SMARTS) is 1. The van der Waals surface area contributed by atoms with Crippen LogP contribution in [0.15, 0.2) is 119 Å². The summed E-state index contributed by atoms with van der Waals surface area (Å²) in [6.07, 6.45) is 6.17. The van der Waals surface area contributed by atoms with Gasteiger partial charge < -0.3 is 19.3 Å². The lowest BCUT2D eigenvalue weighted by atomic mass is 9.96. The van der Waals surface area contributed by atoms with Crippen molar-refractivity contribution in [1.29, 1.82) is 0 Å². The summed E-state index contributed by atoms with van der Waals surface area (Å²) in [5.41, 5.74) is 4.44. The minimum Gasteiger partial charge on any atom is -0.497 e. The third kappa shape index (κ3) is 8.42. The maximum absolute atomic E-state index is 14.3. The molecule has 0 bridgehead atoms. The standard InChI is InChI=1S/C37H34N4O5S.C2H4O2/c1-5-20-45-30-18-12-25(13-19-30)33-27(23-40(39-33)28-10-8-7-9-11-28)22-31-35(42)41-34(26-14-16-29(44-4)17-15-26)32(36(43)46-21-6-2)24(3)38-37(41)47-31;1-2(3)4/h6-19,22-23,34H,2,5,20-21H2,1,3-4H3;1H3,(H,3,4)/b31-22+;. The molecule has 1 atom stereocenters. The number of aromatic nitrogens is 3. The molecule has 0 saturated carbocycles. The number of fused-ring (bicyclic) bond motifs is 1. The quantitative estimate of drug-likeness (QED) is 0.137. The van der Waals surface area contributed by atoms with Gasteiger partial charge >= 0.3 is 5.97 Å². The van der Waals surface area contributed by atoms with E-state index >= 15 is 0 Å². The monoisotopic (exact) mass is 706 g/mol. The van der Waals surface area contributed by atoms with E-state index in [1.54, 1.807) is 35.4 Å². The number of carbonyl (C=O) groups excluding carboxylic acids is 1. The third-order valence-electron chi connectivity index (χ3n) is 7.66. The molecule has 3 aromatic carbocycles. The molecule has 1 aliphatic rings. The van der Waals surface area contributed by atoms with Gasteiger partial charge in [-0.15, -0.1) is 0 Å². The molecule has 6 rings (SSSR count). The molecule has 0 aliphatic carbocycles. The smallest absolute Gasteiger partial charge is 0.338 e. The Bertz CT molecular complexity index is 2230. The molecule has 11 nitrogen and oxygen atoms in total. The van der Waals surface area contributed by atoms with Crippen molar-refractivity contribution in [3.63, 3.8) is 0 Å². The van der Waals surface area contributed by atoms with Crippen molar-refractivity contribution in [1.82, 2.24) is 14.3 Å². The number of nitrogens with zero attached hydrogens (tertiary/aromatic N) is 4. The molecule has 0 spiro atoms. The predicted octanol–water partition coefficient (Wildman–Crippen LogP) is 5.71. The summed E-state index contributed by atoms with van der Waals surface area (Å²) in [5, 5.41) is 12.3. The van der Waals surface area contributed by atoms with Crippen LogP contribution in [0.2, 0.25) is 0 Å². The number of allylic oxidation sites excluding steroid dienone is 1. The first kappa shape index (κ1) is 36.3. The molecular formula is C39H38N4O7S. The van der Waals surface area contributed by atoms with Gasteiger partial charge in [0.1, 0.15) is 23.8 Å². The lowest BCUT2D eigenvalue weighted by molar-refractivity contribution is -0.138. The highest BCUT2D eigenvalue weighted by Crippen LogP contribution is 2.32. The zero-order chi connectivity index (χ0) is 36.5. The molecule has 1 N–H and O–H groups in total. The normalized spacial score (nSPS) is 13.7. The van der Waals surface area contributed by atoms with E-state index in [0.717, 1.165) is 41.5 Å². The molecule has 0 amide bonds. The summed E-state index contributed by atoms with van der Waals surface area (Å²) in [5.74, 6) is 0.0499. The van der Waals surface area contributed by atoms with Gasteiger partial charge in [-0.2, -0.15) is 5.10 Å². The number of carboxylic acids is 1. The fraction of sp³-hybridized carbons (Fsp3) is 0.205. The number of benzene rings is 3. The topological polar surface area (TPSA) is 134 Å². The lowest BCUT2D eigenvalue weighted by Gasteiger charge is -2.24. The first-order chi connectivity index (χ1) is 24.6. The number of thiazole rings is 1. The third-order valence-corrected chi connectivity index (χ3v) is 8.64. The number of rotatable bonds is 11. The summed E-state index contributed by atoms with van der Waals surface area (Å²) in [6, 6.07) is 24.1. The second-order valence-electron chi connectivity index (χ2n) is 11.3. The molecule has 5 aromatic rings. The zero-order valence-electron chi connectivity index (χ0n) is 28.7. The van der Waals surface area contributed by atoms with Gasteiger partial charge in [0.15, 0.2) is 4.80 Å². The lowest BCUT2D eigenvalue weighted by Crippen LogP contribution is -2.39. The van der Waals surface area contributed by atoms with Crippen LogP contribution < -0.4 is 24.4 Å². The van der Waals surface area contributed by atoms with Gasteiger partial charge in [-0.25, -0.2) is 14.5 Å². The average Bonchev–Trinajstić information content (AvgIpc) is 3.69. The van der Waals surface area contributed by atoms with Crippen molar-refractivity contribution in [2.45, 2.75) is 33.2 Å². The van der Waals surface area contributed by atoms with Gasteiger partial charge in [-0.05, 0) is 73.5 Å².